The predicted molar refractivity (Wildman–Crippen MR) is 140 cm³/mol. The van der Waals surface area contributed by atoms with Crippen LogP contribution in [0.15, 0.2) is 53.3 Å². The van der Waals surface area contributed by atoms with Crippen LogP contribution in [0.3, 0.4) is 0 Å². The molecule has 3 aromatic rings. The van der Waals surface area contributed by atoms with Gasteiger partial charge in [-0.15, -0.1) is 11.3 Å². The zero-order valence-corrected chi connectivity index (χ0v) is 21.4. The molecule has 0 spiro atoms. The molecule has 0 aliphatic carbocycles. The van der Waals surface area contributed by atoms with Crippen molar-refractivity contribution in [2.45, 2.75) is 0 Å². The highest BCUT2D eigenvalue weighted by Crippen LogP contribution is 2.10. The summed E-state index contributed by atoms with van der Waals surface area (Å²) in [4.78, 5) is 40.3. The Labute approximate surface area is 221 Å². The minimum absolute atomic E-state index is 0.0175. The Kier molecular flexibility index (Phi) is 8.81. The molecule has 0 saturated carbocycles. The number of carbonyl (C=O) groups is 2. The largest absolute Gasteiger partial charge is 0.465 e. The molecule has 1 aliphatic rings. The van der Waals surface area contributed by atoms with Gasteiger partial charge >= 0.3 is 5.97 Å². The molecule has 4 rings (SSSR count). The van der Waals surface area contributed by atoms with Gasteiger partial charge < -0.3 is 14.8 Å². The summed E-state index contributed by atoms with van der Waals surface area (Å²) in [7, 11) is 1.28. The summed E-state index contributed by atoms with van der Waals surface area (Å²) in [6, 6.07) is 13.9. The zero-order chi connectivity index (χ0) is 27.1. The van der Waals surface area contributed by atoms with Crippen LogP contribution >= 0.6 is 11.3 Å². The average molecular weight is 537 g/mol. The number of aromatic nitrogens is 1. The second kappa shape index (κ2) is 12.4. The number of nitriles is 1. The Bertz CT molecular complexity index is 1550. The molecule has 11 heteroatoms. The van der Waals surface area contributed by atoms with Gasteiger partial charge in [-0.25, -0.2) is 9.18 Å². The van der Waals surface area contributed by atoms with Gasteiger partial charge in [0.05, 0.1) is 36.1 Å². The van der Waals surface area contributed by atoms with Crippen LogP contribution in [0.2, 0.25) is 0 Å². The van der Waals surface area contributed by atoms with Crippen LogP contribution < -0.4 is 20.1 Å². The maximum absolute atomic E-state index is 14.8. The number of thiazole rings is 1. The van der Waals surface area contributed by atoms with Crippen molar-refractivity contribution >= 4 is 34.9 Å². The molecule has 9 nitrogen and oxygen atoms in total. The highest BCUT2D eigenvalue weighted by molar-refractivity contribution is 7.07. The molecular formula is C27H25FN4O5S. The molecule has 0 bridgehead atoms. The van der Waals surface area contributed by atoms with E-state index in [0.717, 1.165) is 29.0 Å². The molecule has 1 N–H and O–H groups in total. The fraction of sp³-hybridized carbons (Fsp3) is 0.259. The summed E-state index contributed by atoms with van der Waals surface area (Å²) in [6.07, 6.45) is 1.56. The lowest BCUT2D eigenvalue weighted by molar-refractivity contribution is -0.115. The molecule has 1 aliphatic heterocycles. The molecule has 2 heterocycles. The molecular weight excluding hydrogens is 511 g/mol. The third-order valence-corrected chi connectivity index (χ3v) is 7.01. The smallest absolute Gasteiger partial charge is 0.337 e. The number of benzene rings is 2. The first-order chi connectivity index (χ1) is 18.4. The SMILES string of the molecule is COC(=O)c1ccc(/C=c2/s/c(=C(\C#N)C(=O)NCCN3CCOCC3)n(-c3ccccc3F)c2=O)cc1. The number of hydrogen-bond donors (Lipinski definition) is 1. The van der Waals surface area contributed by atoms with Gasteiger partial charge in [-0.05, 0) is 35.9 Å². The van der Waals surface area contributed by atoms with E-state index < -0.39 is 23.3 Å². The van der Waals surface area contributed by atoms with Crippen LogP contribution in [-0.4, -0.2) is 67.8 Å². The topological polar surface area (TPSA) is 114 Å². The molecule has 1 saturated heterocycles. The number of ether oxygens (including phenoxy) is 2. The van der Waals surface area contributed by atoms with Crippen molar-refractivity contribution in [1.82, 2.24) is 14.8 Å². The van der Waals surface area contributed by atoms with Gasteiger partial charge in [-0.3, -0.25) is 19.1 Å². The number of rotatable bonds is 7. The zero-order valence-electron chi connectivity index (χ0n) is 20.6. The Hall–Kier alpha value is -4.11. The van der Waals surface area contributed by atoms with Gasteiger partial charge in [0.25, 0.3) is 11.5 Å². The fourth-order valence-corrected chi connectivity index (χ4v) is 5.02. The number of halogens is 1. The summed E-state index contributed by atoms with van der Waals surface area (Å²) in [5.74, 6) is -1.82. The van der Waals surface area contributed by atoms with Crippen molar-refractivity contribution in [3.8, 4) is 11.8 Å². The summed E-state index contributed by atoms with van der Waals surface area (Å²) in [5.41, 5.74) is -0.0109. The van der Waals surface area contributed by atoms with E-state index in [0.29, 0.717) is 37.4 Å². The highest BCUT2D eigenvalue weighted by Gasteiger charge is 2.19. The number of amides is 1. The maximum Gasteiger partial charge on any atom is 0.337 e. The average Bonchev–Trinajstić information content (AvgIpc) is 3.24. The standard InChI is InChI=1S/C27H25FN4O5S/c1-36-27(35)19-8-6-18(7-9-19)16-23-25(34)32(22-5-3-2-4-21(22)28)26(38-23)20(17-29)24(33)30-10-11-31-12-14-37-15-13-31/h2-9,16H,10-15H2,1H3,(H,30,33)/b23-16+,26-20+. The summed E-state index contributed by atoms with van der Waals surface area (Å²) >= 11 is 0.911. The van der Waals surface area contributed by atoms with Gasteiger partial charge in [0.2, 0.25) is 0 Å². The lowest BCUT2D eigenvalue weighted by atomic mass is 10.1. The molecule has 1 fully saturated rings. The molecule has 0 radical (unpaired) electrons. The molecule has 1 aromatic heterocycles. The van der Waals surface area contributed by atoms with Crippen LogP contribution in [0.25, 0.3) is 17.3 Å². The fourth-order valence-electron chi connectivity index (χ4n) is 3.92. The van der Waals surface area contributed by atoms with Crippen molar-refractivity contribution in [2.24, 2.45) is 0 Å². The number of esters is 1. The third-order valence-electron chi connectivity index (χ3n) is 5.92. The number of nitrogens with zero attached hydrogens (tertiary/aromatic N) is 3. The van der Waals surface area contributed by atoms with Crippen molar-refractivity contribution in [1.29, 1.82) is 5.26 Å². The van der Waals surface area contributed by atoms with Crippen molar-refractivity contribution in [3.63, 3.8) is 0 Å². The molecule has 2 aromatic carbocycles. The van der Waals surface area contributed by atoms with Gasteiger partial charge in [-0.2, -0.15) is 5.26 Å². The van der Waals surface area contributed by atoms with Gasteiger partial charge in [0.1, 0.15) is 16.5 Å². The first-order valence-electron chi connectivity index (χ1n) is 11.8. The monoisotopic (exact) mass is 536 g/mol. The van der Waals surface area contributed by atoms with Gasteiger partial charge in [0, 0.05) is 26.2 Å². The number of methoxy groups -OCH3 is 1. The van der Waals surface area contributed by atoms with Crippen LogP contribution in [0.1, 0.15) is 15.9 Å². The Morgan fingerprint density at radius 2 is 1.89 bits per heavy atom. The first kappa shape index (κ1) is 26.9. The summed E-state index contributed by atoms with van der Waals surface area (Å²) in [6.45, 7) is 3.63. The number of para-hydroxylation sites is 1. The molecule has 38 heavy (non-hydrogen) atoms. The Morgan fingerprint density at radius 3 is 2.55 bits per heavy atom. The van der Waals surface area contributed by atoms with Crippen LogP contribution in [0.5, 0.6) is 0 Å². The molecule has 0 atom stereocenters. The van der Waals surface area contributed by atoms with Crippen molar-refractivity contribution in [3.05, 3.63) is 85.0 Å². The molecule has 1 amide bonds. The molecule has 0 unspecified atom stereocenters. The highest BCUT2D eigenvalue weighted by atomic mass is 32.1. The number of nitrogens with one attached hydrogen (secondary N) is 1. The van der Waals surface area contributed by atoms with Crippen LogP contribution in [0.4, 0.5) is 4.39 Å². The maximum atomic E-state index is 14.8. The lowest BCUT2D eigenvalue weighted by Crippen LogP contribution is -2.42. The third kappa shape index (κ3) is 6.06. The second-order valence-corrected chi connectivity index (χ2v) is 9.35. The normalized spacial score (nSPS) is 15.0. The summed E-state index contributed by atoms with van der Waals surface area (Å²) in [5, 5.41) is 12.6. The van der Waals surface area contributed by atoms with E-state index >= 15 is 0 Å². The number of carbonyl (C=O) groups excluding carboxylic acids is 2. The van der Waals surface area contributed by atoms with E-state index in [9.17, 15) is 24.0 Å². The Balaban J connectivity index is 1.77. The van der Waals surface area contributed by atoms with Gasteiger partial charge in [-0.1, -0.05) is 24.3 Å². The number of hydrogen-bond acceptors (Lipinski definition) is 8. The van der Waals surface area contributed by atoms with Crippen molar-refractivity contribution < 1.29 is 23.5 Å². The Morgan fingerprint density at radius 1 is 1.18 bits per heavy atom. The quantitative estimate of drug-likeness (QED) is 0.444. The van der Waals surface area contributed by atoms with E-state index in [1.807, 2.05) is 6.07 Å². The van der Waals surface area contributed by atoms with Crippen LogP contribution in [-0.2, 0) is 14.3 Å². The molecule has 196 valence electrons. The van der Waals surface area contributed by atoms with Crippen molar-refractivity contribution in [2.75, 3.05) is 46.5 Å². The minimum Gasteiger partial charge on any atom is -0.465 e. The predicted octanol–water partition coefficient (Wildman–Crippen LogP) is 0.776. The first-order valence-corrected chi connectivity index (χ1v) is 12.6. The van der Waals surface area contributed by atoms with E-state index in [2.05, 4.69) is 10.2 Å². The van der Waals surface area contributed by atoms with E-state index in [1.54, 1.807) is 36.4 Å². The summed E-state index contributed by atoms with van der Waals surface area (Å²) < 4.78 is 26.1. The second-order valence-electron chi connectivity index (χ2n) is 8.32. The van der Waals surface area contributed by atoms with E-state index in [1.165, 1.54) is 25.3 Å². The number of morpholine rings is 1. The van der Waals surface area contributed by atoms with Gasteiger partial charge in [0.15, 0.2) is 5.57 Å². The van der Waals surface area contributed by atoms with E-state index in [-0.39, 0.29) is 20.5 Å². The minimum atomic E-state index is -0.673. The van der Waals surface area contributed by atoms with E-state index in [4.69, 9.17) is 9.47 Å². The lowest BCUT2D eigenvalue weighted by Gasteiger charge is -2.26. The van der Waals surface area contributed by atoms with Crippen LogP contribution in [0, 0.1) is 17.1 Å².